The molecule has 0 amide bonds. The summed E-state index contributed by atoms with van der Waals surface area (Å²) in [5.74, 6) is -1.64. The van der Waals surface area contributed by atoms with Crippen LogP contribution in [0.2, 0.25) is 0 Å². The third-order valence-electron chi connectivity index (χ3n) is 3.85. The van der Waals surface area contributed by atoms with Gasteiger partial charge in [-0.2, -0.15) is 0 Å². The Hall–Kier alpha value is -1.93. The molecule has 0 saturated heterocycles. The van der Waals surface area contributed by atoms with E-state index in [1.165, 1.54) is 0 Å². The van der Waals surface area contributed by atoms with Gasteiger partial charge in [-0.15, -0.1) is 11.3 Å². The largest absolute Gasteiger partial charge is 0.491 e. The molecule has 122 valence electrons. The number of aliphatic hydroxyl groups excluding tert-OH is 2. The first kappa shape index (κ1) is 15.9. The van der Waals surface area contributed by atoms with Crippen molar-refractivity contribution in [3.8, 4) is 0 Å². The lowest BCUT2D eigenvalue weighted by Crippen LogP contribution is -2.48. The van der Waals surface area contributed by atoms with E-state index in [9.17, 15) is 20.1 Å². The molecular formula is C16H16O6S. The molecule has 6 nitrogen and oxygen atoms in total. The minimum Gasteiger partial charge on any atom is -0.491 e. The van der Waals surface area contributed by atoms with Crippen molar-refractivity contribution in [3.63, 3.8) is 0 Å². The van der Waals surface area contributed by atoms with Crippen molar-refractivity contribution in [1.82, 2.24) is 0 Å². The van der Waals surface area contributed by atoms with E-state index in [4.69, 9.17) is 9.84 Å². The second kappa shape index (κ2) is 5.93. The van der Waals surface area contributed by atoms with E-state index in [-0.39, 0.29) is 12.4 Å². The number of carboxylic acids is 1. The molecule has 0 saturated carbocycles. The fraction of sp³-hybridized carbons (Fsp3) is 0.312. The Morgan fingerprint density at radius 3 is 2.87 bits per heavy atom. The fourth-order valence-electron chi connectivity index (χ4n) is 2.55. The van der Waals surface area contributed by atoms with Crippen LogP contribution in [0.1, 0.15) is 12.0 Å². The molecule has 0 fully saturated rings. The first-order valence-corrected chi connectivity index (χ1v) is 7.90. The second-order valence-corrected chi connectivity index (χ2v) is 6.52. The Morgan fingerprint density at radius 1 is 1.35 bits per heavy atom. The monoisotopic (exact) mass is 336 g/mol. The van der Waals surface area contributed by atoms with Crippen molar-refractivity contribution in [2.75, 3.05) is 0 Å². The highest BCUT2D eigenvalue weighted by atomic mass is 32.1. The zero-order chi connectivity index (χ0) is 16.6. The fourth-order valence-corrected chi connectivity index (χ4v) is 3.32. The molecule has 0 radical (unpaired) electrons. The first-order chi connectivity index (χ1) is 10.9. The lowest BCUT2D eigenvalue weighted by Gasteiger charge is -2.32. The summed E-state index contributed by atoms with van der Waals surface area (Å²) in [6, 6.07) is 7.73. The third-order valence-corrected chi connectivity index (χ3v) is 4.75. The number of fused-ring (bicyclic) bond motifs is 1. The lowest BCUT2D eigenvalue weighted by atomic mass is 9.86. The molecule has 1 aromatic heterocycles. The second-order valence-electron chi connectivity index (χ2n) is 5.57. The molecule has 23 heavy (non-hydrogen) atoms. The van der Waals surface area contributed by atoms with E-state index in [0.717, 1.165) is 21.7 Å². The summed E-state index contributed by atoms with van der Waals surface area (Å²) in [6.45, 7) is 0.0943. The maximum atomic E-state index is 11.1. The minimum atomic E-state index is -2.24. The summed E-state index contributed by atoms with van der Waals surface area (Å²) in [7, 11) is 0. The number of ether oxygens (including phenoxy) is 1. The van der Waals surface area contributed by atoms with Crippen molar-refractivity contribution in [2.45, 2.75) is 30.8 Å². The predicted molar refractivity (Wildman–Crippen MR) is 83.9 cm³/mol. The molecule has 0 spiro atoms. The van der Waals surface area contributed by atoms with Gasteiger partial charge < -0.3 is 25.2 Å². The van der Waals surface area contributed by atoms with Gasteiger partial charge >= 0.3 is 5.97 Å². The summed E-state index contributed by atoms with van der Waals surface area (Å²) in [6.07, 6.45) is -2.30. The number of rotatable bonds is 4. The van der Waals surface area contributed by atoms with Gasteiger partial charge in [-0.05, 0) is 40.6 Å². The maximum absolute atomic E-state index is 11.1. The molecule has 4 N–H and O–H groups in total. The van der Waals surface area contributed by atoms with E-state index in [1.807, 2.05) is 29.6 Å². The van der Waals surface area contributed by atoms with E-state index in [0.29, 0.717) is 0 Å². The van der Waals surface area contributed by atoms with Crippen LogP contribution in [-0.4, -0.2) is 44.2 Å². The number of hydrogen-bond acceptors (Lipinski definition) is 6. The van der Waals surface area contributed by atoms with Gasteiger partial charge in [-0.25, -0.2) is 4.79 Å². The van der Waals surface area contributed by atoms with Gasteiger partial charge in [-0.1, -0.05) is 6.07 Å². The molecule has 1 heterocycles. The van der Waals surface area contributed by atoms with Crippen LogP contribution in [0, 0.1) is 0 Å². The highest BCUT2D eigenvalue weighted by molar-refractivity contribution is 7.17. The van der Waals surface area contributed by atoms with Gasteiger partial charge in [0.2, 0.25) is 0 Å². The smallest absolute Gasteiger partial charge is 0.340 e. The van der Waals surface area contributed by atoms with Crippen molar-refractivity contribution < 1.29 is 30.0 Å². The van der Waals surface area contributed by atoms with Crippen molar-refractivity contribution in [1.29, 1.82) is 0 Å². The van der Waals surface area contributed by atoms with Gasteiger partial charge in [0, 0.05) is 11.1 Å². The molecule has 0 bridgehead atoms. The summed E-state index contributed by atoms with van der Waals surface area (Å²) in [5.41, 5.74) is -1.41. The molecular weight excluding hydrogens is 320 g/mol. The van der Waals surface area contributed by atoms with Crippen molar-refractivity contribution in [2.24, 2.45) is 0 Å². The number of carboxylic acid groups (broad SMARTS) is 1. The van der Waals surface area contributed by atoms with Crippen LogP contribution < -0.4 is 0 Å². The molecule has 1 aliphatic rings. The average molecular weight is 336 g/mol. The van der Waals surface area contributed by atoms with E-state index >= 15 is 0 Å². The Kier molecular flexibility index (Phi) is 4.11. The van der Waals surface area contributed by atoms with Crippen LogP contribution in [0.4, 0.5) is 0 Å². The van der Waals surface area contributed by atoms with Crippen LogP contribution in [0.5, 0.6) is 0 Å². The molecule has 1 aliphatic carbocycles. The molecule has 3 rings (SSSR count). The summed E-state index contributed by atoms with van der Waals surface area (Å²) >= 11 is 1.62. The summed E-state index contributed by atoms with van der Waals surface area (Å²) in [5, 5.41) is 41.8. The number of aliphatic carboxylic acids is 1. The number of benzene rings is 1. The molecule has 1 aromatic carbocycles. The molecule has 2 aromatic rings. The average Bonchev–Trinajstić information content (AvgIpc) is 2.97. The quantitative estimate of drug-likeness (QED) is 0.669. The SMILES string of the molecule is O=C(O)[C@]1(O)C=C(OCc2ccc3sccc3c2)[C@@H](O)[C@H](O)C1. The standard InChI is InChI=1S/C16H16O6S/c17-11-6-16(21,15(19)20)7-12(14(11)18)22-8-9-1-2-13-10(5-9)3-4-23-13/h1-5,7,11,14,17-18,21H,6,8H2,(H,19,20)/t11-,14+,16-/m1/s1. The van der Waals surface area contributed by atoms with Gasteiger partial charge in [0.05, 0.1) is 6.10 Å². The Balaban J connectivity index is 1.79. The third kappa shape index (κ3) is 3.09. The summed E-state index contributed by atoms with van der Waals surface area (Å²) in [4.78, 5) is 11.1. The first-order valence-electron chi connectivity index (χ1n) is 7.03. The van der Waals surface area contributed by atoms with E-state index in [2.05, 4.69) is 0 Å². The number of carbonyl (C=O) groups is 1. The number of hydrogen-bond donors (Lipinski definition) is 4. The van der Waals surface area contributed by atoms with Gasteiger partial charge in [0.15, 0.2) is 5.60 Å². The Morgan fingerprint density at radius 2 is 2.13 bits per heavy atom. The Labute approximate surface area is 135 Å². The number of thiophene rings is 1. The van der Waals surface area contributed by atoms with Crippen LogP contribution in [0.15, 0.2) is 41.5 Å². The molecule has 0 unspecified atom stereocenters. The maximum Gasteiger partial charge on any atom is 0.340 e. The Bertz CT molecular complexity index is 767. The van der Waals surface area contributed by atoms with Crippen LogP contribution in [0.3, 0.4) is 0 Å². The lowest BCUT2D eigenvalue weighted by molar-refractivity contribution is -0.160. The van der Waals surface area contributed by atoms with Crippen molar-refractivity contribution >= 4 is 27.4 Å². The van der Waals surface area contributed by atoms with Crippen molar-refractivity contribution in [3.05, 3.63) is 47.0 Å². The number of aliphatic hydroxyl groups is 3. The van der Waals surface area contributed by atoms with Crippen LogP contribution in [0.25, 0.3) is 10.1 Å². The topological polar surface area (TPSA) is 107 Å². The highest BCUT2D eigenvalue weighted by Gasteiger charge is 2.44. The minimum absolute atomic E-state index is 0.0943. The van der Waals surface area contributed by atoms with Crippen LogP contribution >= 0.6 is 11.3 Å². The normalized spacial score (nSPS) is 27.7. The van der Waals surface area contributed by atoms with Gasteiger partial charge in [-0.3, -0.25) is 0 Å². The van der Waals surface area contributed by atoms with E-state index in [1.54, 1.807) is 11.3 Å². The zero-order valence-electron chi connectivity index (χ0n) is 12.0. The van der Waals surface area contributed by atoms with Gasteiger partial charge in [0.1, 0.15) is 18.5 Å². The molecule has 3 atom stereocenters. The van der Waals surface area contributed by atoms with Gasteiger partial charge in [0.25, 0.3) is 0 Å². The van der Waals surface area contributed by atoms with Crippen LogP contribution in [-0.2, 0) is 16.1 Å². The highest BCUT2D eigenvalue weighted by Crippen LogP contribution is 2.29. The van der Waals surface area contributed by atoms with E-state index < -0.39 is 30.2 Å². The predicted octanol–water partition coefficient (Wildman–Crippen LogP) is 1.24. The zero-order valence-corrected chi connectivity index (χ0v) is 12.9. The molecule has 0 aliphatic heterocycles. The summed E-state index contributed by atoms with van der Waals surface area (Å²) < 4.78 is 6.59. The molecule has 7 heteroatoms.